The lowest BCUT2D eigenvalue weighted by Gasteiger charge is -2.19. The maximum atomic E-state index is 12.0. The number of para-hydroxylation sites is 1. The number of amides is 1. The molecule has 0 atom stereocenters. The van der Waals surface area contributed by atoms with Gasteiger partial charge in [0.25, 0.3) is 0 Å². The second kappa shape index (κ2) is 10.1. The van der Waals surface area contributed by atoms with Crippen LogP contribution >= 0.6 is 0 Å². The topological polar surface area (TPSA) is 50.8 Å². The Kier molecular flexibility index (Phi) is 7.55. The van der Waals surface area contributed by atoms with Crippen molar-refractivity contribution in [1.82, 2.24) is 5.32 Å². The summed E-state index contributed by atoms with van der Waals surface area (Å²) in [6, 6.07) is 15.6. The van der Waals surface area contributed by atoms with Crippen LogP contribution in [0.5, 0.6) is 11.5 Å². The molecule has 0 bridgehead atoms. The normalized spacial score (nSPS) is 10.6. The number of nitrogens with zero attached hydrogens (tertiary/aromatic N) is 1. The lowest BCUT2D eigenvalue weighted by Crippen LogP contribution is -2.31. The summed E-state index contributed by atoms with van der Waals surface area (Å²) in [5, 5.41) is 2.89. The number of ether oxygens (including phenoxy) is 2. The van der Waals surface area contributed by atoms with E-state index in [4.69, 9.17) is 9.47 Å². The number of hydrogen-bond donors (Lipinski definition) is 1. The van der Waals surface area contributed by atoms with Crippen molar-refractivity contribution in [3.05, 3.63) is 60.2 Å². The van der Waals surface area contributed by atoms with E-state index in [0.717, 1.165) is 17.8 Å². The van der Waals surface area contributed by atoms with E-state index in [1.165, 1.54) is 6.08 Å². The first-order chi connectivity index (χ1) is 12.6. The standard InChI is InChI=1S/C21H26N2O3/c1-4-26-20-16-17(10-12-19(20)25-3)11-13-21(24)22-14-15-23(2)18-8-6-5-7-9-18/h5-13,16H,4,14-15H2,1-3H3,(H,22,24)/b13-11+. The molecule has 2 aromatic carbocycles. The molecular weight excluding hydrogens is 328 g/mol. The van der Waals surface area contributed by atoms with Gasteiger partial charge in [-0.25, -0.2) is 0 Å². The number of nitrogens with one attached hydrogen (secondary N) is 1. The van der Waals surface area contributed by atoms with E-state index in [-0.39, 0.29) is 5.91 Å². The Morgan fingerprint density at radius 3 is 2.62 bits per heavy atom. The summed E-state index contributed by atoms with van der Waals surface area (Å²) in [5.41, 5.74) is 2.00. The van der Waals surface area contributed by atoms with E-state index in [1.807, 2.05) is 62.5 Å². The molecule has 0 aromatic heterocycles. The van der Waals surface area contributed by atoms with Crippen molar-refractivity contribution in [2.45, 2.75) is 6.92 Å². The van der Waals surface area contributed by atoms with Gasteiger partial charge >= 0.3 is 0 Å². The second-order valence-corrected chi connectivity index (χ2v) is 5.72. The molecule has 2 aromatic rings. The molecule has 0 aliphatic rings. The van der Waals surface area contributed by atoms with Gasteiger partial charge in [0, 0.05) is 31.9 Å². The van der Waals surface area contributed by atoms with Gasteiger partial charge < -0.3 is 19.7 Å². The van der Waals surface area contributed by atoms with Gasteiger partial charge in [0.05, 0.1) is 13.7 Å². The summed E-state index contributed by atoms with van der Waals surface area (Å²) >= 11 is 0. The van der Waals surface area contributed by atoms with Crippen molar-refractivity contribution in [1.29, 1.82) is 0 Å². The minimum Gasteiger partial charge on any atom is -0.493 e. The number of carbonyl (C=O) groups excluding carboxylic acids is 1. The first kappa shape index (κ1) is 19.4. The van der Waals surface area contributed by atoms with Gasteiger partial charge in [-0.05, 0) is 42.8 Å². The minimum atomic E-state index is -0.125. The highest BCUT2D eigenvalue weighted by Gasteiger charge is 2.04. The zero-order valence-electron chi connectivity index (χ0n) is 15.6. The van der Waals surface area contributed by atoms with Crippen LogP contribution in [0.25, 0.3) is 6.08 Å². The molecule has 0 aliphatic carbocycles. The lowest BCUT2D eigenvalue weighted by molar-refractivity contribution is -0.116. The molecular formula is C21H26N2O3. The predicted octanol–water partition coefficient (Wildman–Crippen LogP) is 3.36. The quantitative estimate of drug-likeness (QED) is 0.702. The Labute approximate surface area is 155 Å². The highest BCUT2D eigenvalue weighted by Crippen LogP contribution is 2.28. The molecule has 0 spiro atoms. The van der Waals surface area contributed by atoms with Crippen LogP contribution in [0, 0.1) is 0 Å². The first-order valence-corrected chi connectivity index (χ1v) is 8.67. The minimum absolute atomic E-state index is 0.125. The Bertz CT molecular complexity index is 729. The van der Waals surface area contributed by atoms with Crippen molar-refractivity contribution in [2.75, 3.05) is 38.8 Å². The fourth-order valence-corrected chi connectivity index (χ4v) is 2.45. The average molecular weight is 354 g/mol. The molecule has 0 saturated carbocycles. The average Bonchev–Trinajstić information content (AvgIpc) is 2.67. The van der Waals surface area contributed by atoms with Gasteiger partial charge in [-0.15, -0.1) is 0 Å². The van der Waals surface area contributed by atoms with Crippen LogP contribution in [0.4, 0.5) is 5.69 Å². The van der Waals surface area contributed by atoms with Crippen LogP contribution < -0.4 is 19.7 Å². The van der Waals surface area contributed by atoms with Crippen LogP contribution in [0.1, 0.15) is 12.5 Å². The summed E-state index contributed by atoms with van der Waals surface area (Å²) in [7, 11) is 3.61. The Balaban J connectivity index is 1.84. The first-order valence-electron chi connectivity index (χ1n) is 8.67. The van der Waals surface area contributed by atoms with Gasteiger partial charge in [0.2, 0.25) is 5.91 Å². The van der Waals surface area contributed by atoms with E-state index in [9.17, 15) is 4.79 Å². The number of rotatable bonds is 9. The highest BCUT2D eigenvalue weighted by atomic mass is 16.5. The number of methoxy groups -OCH3 is 1. The van der Waals surface area contributed by atoms with Gasteiger partial charge in [-0.1, -0.05) is 24.3 Å². The third-order valence-electron chi connectivity index (χ3n) is 3.86. The largest absolute Gasteiger partial charge is 0.493 e. The number of benzene rings is 2. The molecule has 5 heteroatoms. The van der Waals surface area contributed by atoms with Crippen molar-refractivity contribution in [2.24, 2.45) is 0 Å². The smallest absolute Gasteiger partial charge is 0.244 e. The van der Waals surface area contributed by atoms with E-state index >= 15 is 0 Å². The van der Waals surface area contributed by atoms with Gasteiger partial charge in [0.1, 0.15) is 0 Å². The summed E-state index contributed by atoms with van der Waals surface area (Å²) in [6.07, 6.45) is 3.29. The van der Waals surface area contributed by atoms with Gasteiger partial charge in [0.15, 0.2) is 11.5 Å². The molecule has 0 heterocycles. The maximum absolute atomic E-state index is 12.0. The van der Waals surface area contributed by atoms with Crippen LogP contribution in [0.3, 0.4) is 0 Å². The van der Waals surface area contributed by atoms with Crippen LogP contribution in [0.2, 0.25) is 0 Å². The lowest BCUT2D eigenvalue weighted by atomic mass is 10.2. The van der Waals surface area contributed by atoms with Crippen LogP contribution in [-0.4, -0.2) is 39.8 Å². The molecule has 5 nitrogen and oxygen atoms in total. The fourth-order valence-electron chi connectivity index (χ4n) is 2.45. The van der Waals surface area contributed by atoms with Crippen molar-refractivity contribution < 1.29 is 14.3 Å². The molecule has 138 valence electrons. The number of carbonyl (C=O) groups is 1. The highest BCUT2D eigenvalue weighted by molar-refractivity contribution is 5.91. The van der Waals surface area contributed by atoms with Crippen LogP contribution in [0.15, 0.2) is 54.6 Å². The van der Waals surface area contributed by atoms with Gasteiger partial charge in [-0.3, -0.25) is 4.79 Å². The van der Waals surface area contributed by atoms with E-state index in [1.54, 1.807) is 13.2 Å². The molecule has 0 unspecified atom stereocenters. The third kappa shape index (κ3) is 5.84. The van der Waals surface area contributed by atoms with E-state index < -0.39 is 0 Å². The predicted molar refractivity (Wildman–Crippen MR) is 106 cm³/mol. The van der Waals surface area contributed by atoms with Crippen molar-refractivity contribution in [3.63, 3.8) is 0 Å². The zero-order valence-corrected chi connectivity index (χ0v) is 15.6. The summed E-state index contributed by atoms with van der Waals surface area (Å²) < 4.78 is 10.8. The van der Waals surface area contributed by atoms with E-state index in [0.29, 0.717) is 24.7 Å². The number of hydrogen-bond acceptors (Lipinski definition) is 4. The van der Waals surface area contributed by atoms with Gasteiger partial charge in [-0.2, -0.15) is 0 Å². The maximum Gasteiger partial charge on any atom is 0.244 e. The molecule has 0 fully saturated rings. The third-order valence-corrected chi connectivity index (χ3v) is 3.86. The SMILES string of the molecule is CCOc1cc(/C=C/C(=O)NCCN(C)c2ccccc2)ccc1OC. The summed E-state index contributed by atoms with van der Waals surface area (Å²) in [4.78, 5) is 14.1. The summed E-state index contributed by atoms with van der Waals surface area (Å²) in [5.74, 6) is 1.22. The molecule has 1 N–H and O–H groups in total. The Morgan fingerprint density at radius 1 is 1.15 bits per heavy atom. The Hall–Kier alpha value is -2.95. The second-order valence-electron chi connectivity index (χ2n) is 5.72. The van der Waals surface area contributed by atoms with Crippen molar-refractivity contribution >= 4 is 17.7 Å². The Morgan fingerprint density at radius 2 is 1.92 bits per heavy atom. The fraction of sp³-hybridized carbons (Fsp3) is 0.286. The molecule has 1 amide bonds. The molecule has 26 heavy (non-hydrogen) atoms. The zero-order chi connectivity index (χ0) is 18.8. The van der Waals surface area contributed by atoms with Crippen molar-refractivity contribution in [3.8, 4) is 11.5 Å². The molecule has 2 rings (SSSR count). The molecule has 0 aliphatic heterocycles. The monoisotopic (exact) mass is 354 g/mol. The molecule has 0 radical (unpaired) electrons. The summed E-state index contributed by atoms with van der Waals surface area (Å²) in [6.45, 7) is 3.78. The van der Waals surface area contributed by atoms with E-state index in [2.05, 4.69) is 10.2 Å². The number of anilines is 1. The van der Waals surface area contributed by atoms with Crippen LogP contribution in [-0.2, 0) is 4.79 Å². The number of likely N-dealkylation sites (N-methyl/N-ethyl adjacent to an activating group) is 1. The molecule has 0 saturated heterocycles.